The normalized spacial score (nSPS) is 27.1. The molecule has 2 aromatic carbocycles. The number of hydrogen-bond donors (Lipinski definition) is 3. The Labute approximate surface area is 228 Å². The summed E-state index contributed by atoms with van der Waals surface area (Å²) in [5.74, 6) is 1.49. The fourth-order valence-corrected chi connectivity index (χ4v) is 7.80. The van der Waals surface area contributed by atoms with Gasteiger partial charge in [0.15, 0.2) is 0 Å². The topological polar surface area (TPSA) is 85.9 Å². The maximum Gasteiger partial charge on any atom is 0.326 e. The second kappa shape index (κ2) is 10.3. The molecule has 9 heteroatoms. The number of amides is 3. The lowest BCUT2D eigenvalue weighted by Crippen LogP contribution is -2.62. The van der Waals surface area contributed by atoms with Crippen LogP contribution in [0.1, 0.15) is 30.4 Å². The first kappa shape index (κ1) is 25.3. The minimum atomic E-state index is -0.171. The van der Waals surface area contributed by atoms with Crippen LogP contribution in [-0.4, -0.2) is 61.0 Å². The van der Waals surface area contributed by atoms with Crippen LogP contribution >= 0.6 is 11.8 Å². The molecular formula is C29H35N5O3S. The van der Waals surface area contributed by atoms with Gasteiger partial charge in [-0.2, -0.15) is 0 Å². The van der Waals surface area contributed by atoms with Gasteiger partial charge >= 0.3 is 6.03 Å². The highest BCUT2D eigenvalue weighted by atomic mass is 32.2. The molecule has 3 N–H and O–H groups in total. The molecule has 4 atom stereocenters. The molecule has 0 spiro atoms. The third kappa shape index (κ3) is 4.67. The van der Waals surface area contributed by atoms with E-state index < -0.39 is 0 Å². The number of piperidine rings is 2. The standard InChI is InChI=1S/C29H35N5O3S/c1-17-14-21(37-20-9-5-4-6-10-20)15-18(2)25(17)34-22-11-12-30-28-23(22)24(32-29(34)36)26(38-28)27(35)31-19-8-7-13-33(3)16-19/h4-6,9-10,14-15,19,22-23,28,30H,7-8,11-13,16H2,1-3H3,(H,31,35)(H,32,36)/t19-,22?,23?,28?/m1/s1. The Bertz CT molecular complexity index is 1260. The van der Waals surface area contributed by atoms with Crippen molar-refractivity contribution in [3.8, 4) is 11.5 Å². The van der Waals surface area contributed by atoms with Crippen molar-refractivity contribution in [1.82, 2.24) is 20.9 Å². The summed E-state index contributed by atoms with van der Waals surface area (Å²) in [5.41, 5.74) is 3.66. The molecule has 6 rings (SSSR count). The van der Waals surface area contributed by atoms with Crippen molar-refractivity contribution in [3.05, 3.63) is 64.2 Å². The van der Waals surface area contributed by atoms with Gasteiger partial charge in [-0.1, -0.05) is 30.0 Å². The molecular weight excluding hydrogens is 498 g/mol. The van der Waals surface area contributed by atoms with Crippen molar-refractivity contribution in [2.24, 2.45) is 5.92 Å². The van der Waals surface area contributed by atoms with E-state index in [1.807, 2.05) is 61.2 Å². The molecule has 4 heterocycles. The molecule has 3 fully saturated rings. The molecule has 8 nitrogen and oxygen atoms in total. The number of nitrogens with zero attached hydrogens (tertiary/aromatic N) is 2. The number of benzene rings is 2. The molecule has 3 saturated heterocycles. The molecule has 3 amide bonds. The summed E-state index contributed by atoms with van der Waals surface area (Å²) in [6.07, 6.45) is 2.89. The molecule has 38 heavy (non-hydrogen) atoms. The molecule has 4 aliphatic rings. The summed E-state index contributed by atoms with van der Waals surface area (Å²) in [4.78, 5) is 31.9. The maximum atomic E-state index is 13.7. The zero-order valence-corrected chi connectivity index (χ0v) is 22.9. The van der Waals surface area contributed by atoms with Crippen LogP contribution in [-0.2, 0) is 4.79 Å². The zero-order chi connectivity index (χ0) is 26.4. The molecule has 0 aliphatic carbocycles. The lowest BCUT2D eigenvalue weighted by molar-refractivity contribution is -0.117. The van der Waals surface area contributed by atoms with E-state index in [0.717, 1.165) is 72.9 Å². The summed E-state index contributed by atoms with van der Waals surface area (Å²) >= 11 is 1.56. The van der Waals surface area contributed by atoms with Crippen LogP contribution in [0.3, 0.4) is 0 Å². The van der Waals surface area contributed by atoms with E-state index in [1.54, 1.807) is 11.8 Å². The smallest absolute Gasteiger partial charge is 0.326 e. The Kier molecular flexibility index (Phi) is 6.84. The van der Waals surface area contributed by atoms with Gasteiger partial charge in [-0.15, -0.1) is 0 Å². The van der Waals surface area contributed by atoms with Crippen molar-refractivity contribution >= 4 is 29.4 Å². The van der Waals surface area contributed by atoms with E-state index >= 15 is 0 Å². The van der Waals surface area contributed by atoms with E-state index in [4.69, 9.17) is 4.74 Å². The Balaban J connectivity index is 1.27. The van der Waals surface area contributed by atoms with Crippen LogP contribution in [0, 0.1) is 19.8 Å². The number of hydrogen-bond acceptors (Lipinski definition) is 6. The molecule has 4 aliphatic heterocycles. The Morgan fingerprint density at radius 2 is 1.87 bits per heavy atom. The van der Waals surface area contributed by atoms with Crippen molar-refractivity contribution in [2.45, 2.75) is 50.6 Å². The van der Waals surface area contributed by atoms with Gasteiger partial charge in [0, 0.05) is 24.2 Å². The van der Waals surface area contributed by atoms with Crippen LogP contribution in [0.5, 0.6) is 11.5 Å². The average molecular weight is 534 g/mol. The molecule has 0 saturated carbocycles. The molecule has 0 radical (unpaired) electrons. The highest BCUT2D eigenvalue weighted by Crippen LogP contribution is 2.49. The monoisotopic (exact) mass is 533 g/mol. The number of anilines is 1. The number of para-hydroxylation sites is 1. The van der Waals surface area contributed by atoms with Crippen LogP contribution in [0.4, 0.5) is 10.5 Å². The molecule has 0 bridgehead atoms. The third-order valence-corrected chi connectivity index (χ3v) is 9.35. The second-order valence-corrected chi connectivity index (χ2v) is 12.0. The van der Waals surface area contributed by atoms with Crippen LogP contribution < -0.4 is 25.6 Å². The van der Waals surface area contributed by atoms with E-state index in [-0.39, 0.29) is 35.3 Å². The van der Waals surface area contributed by atoms with Gasteiger partial charge in [0.25, 0.3) is 5.91 Å². The van der Waals surface area contributed by atoms with E-state index in [0.29, 0.717) is 4.91 Å². The number of rotatable bonds is 5. The fourth-order valence-electron chi connectivity index (χ4n) is 6.40. The van der Waals surface area contributed by atoms with Gasteiger partial charge in [-0.05, 0) is 88.6 Å². The SMILES string of the molecule is Cc1cc(Oc2ccccc2)cc(C)c1N1C(=O)NC2=C(C(=O)N[C@@H]3CCCN(C)C3)SC3NCCC1C23. The number of aryl methyl sites for hydroxylation is 2. The predicted molar refractivity (Wildman–Crippen MR) is 150 cm³/mol. The van der Waals surface area contributed by atoms with Gasteiger partial charge in [0.05, 0.1) is 22.0 Å². The van der Waals surface area contributed by atoms with Gasteiger partial charge in [-0.25, -0.2) is 4.79 Å². The molecule has 3 unspecified atom stereocenters. The molecule has 200 valence electrons. The van der Waals surface area contributed by atoms with E-state index in [1.165, 1.54) is 0 Å². The van der Waals surface area contributed by atoms with Gasteiger partial charge in [0.2, 0.25) is 0 Å². The van der Waals surface area contributed by atoms with Crippen molar-refractivity contribution in [2.75, 3.05) is 31.6 Å². The van der Waals surface area contributed by atoms with Crippen LogP contribution in [0.15, 0.2) is 53.1 Å². The number of nitrogens with one attached hydrogen (secondary N) is 3. The van der Waals surface area contributed by atoms with Gasteiger partial charge in [-0.3, -0.25) is 9.69 Å². The molecule has 0 aromatic heterocycles. The maximum absolute atomic E-state index is 13.7. The van der Waals surface area contributed by atoms with E-state index in [2.05, 4.69) is 27.9 Å². The first-order chi connectivity index (χ1) is 18.4. The first-order valence-corrected chi connectivity index (χ1v) is 14.3. The average Bonchev–Trinajstić information content (AvgIpc) is 3.25. The lowest BCUT2D eigenvalue weighted by Gasteiger charge is -2.46. The second-order valence-electron chi connectivity index (χ2n) is 10.8. The van der Waals surface area contributed by atoms with E-state index in [9.17, 15) is 9.59 Å². The Morgan fingerprint density at radius 3 is 2.61 bits per heavy atom. The predicted octanol–water partition coefficient (Wildman–Crippen LogP) is 4.10. The third-order valence-electron chi connectivity index (χ3n) is 7.99. The number of urea groups is 1. The van der Waals surface area contributed by atoms with Crippen molar-refractivity contribution in [3.63, 3.8) is 0 Å². The number of carbonyl (C=O) groups excluding carboxylic acids is 2. The van der Waals surface area contributed by atoms with Gasteiger partial charge in [0.1, 0.15) is 11.5 Å². The number of carbonyl (C=O) groups is 2. The summed E-state index contributed by atoms with van der Waals surface area (Å²) in [5, 5.41) is 10.0. The zero-order valence-electron chi connectivity index (χ0n) is 22.1. The lowest BCUT2D eigenvalue weighted by atomic mass is 9.85. The first-order valence-electron chi connectivity index (χ1n) is 13.5. The Morgan fingerprint density at radius 1 is 1.11 bits per heavy atom. The summed E-state index contributed by atoms with van der Waals surface area (Å²) in [6, 6.07) is 13.6. The number of likely N-dealkylation sites (tertiary alicyclic amines) is 1. The molecule has 2 aromatic rings. The largest absolute Gasteiger partial charge is 0.457 e. The summed E-state index contributed by atoms with van der Waals surface area (Å²) in [7, 11) is 2.09. The fraction of sp³-hybridized carbons (Fsp3) is 0.448. The van der Waals surface area contributed by atoms with Gasteiger partial charge < -0.3 is 25.6 Å². The van der Waals surface area contributed by atoms with Crippen molar-refractivity contribution < 1.29 is 14.3 Å². The van der Waals surface area contributed by atoms with Crippen LogP contribution in [0.25, 0.3) is 0 Å². The minimum Gasteiger partial charge on any atom is -0.457 e. The number of ether oxygens (including phenoxy) is 1. The van der Waals surface area contributed by atoms with Crippen molar-refractivity contribution in [1.29, 1.82) is 0 Å². The Hall–Kier alpha value is -3.01. The summed E-state index contributed by atoms with van der Waals surface area (Å²) in [6.45, 7) is 6.78. The highest BCUT2D eigenvalue weighted by Gasteiger charge is 2.52. The summed E-state index contributed by atoms with van der Waals surface area (Å²) < 4.78 is 6.08. The quantitative estimate of drug-likeness (QED) is 0.537. The van der Waals surface area contributed by atoms with Crippen LogP contribution in [0.2, 0.25) is 0 Å². The number of thioether (sulfide) groups is 1. The number of likely N-dealkylation sites (N-methyl/N-ethyl adjacent to an activating group) is 1. The highest BCUT2D eigenvalue weighted by molar-refractivity contribution is 8.04. The minimum absolute atomic E-state index is 0.0260.